The van der Waals surface area contributed by atoms with E-state index < -0.39 is 10.7 Å². The molecule has 1 fully saturated rings. The van der Waals surface area contributed by atoms with Crippen LogP contribution < -0.4 is 5.73 Å². The first kappa shape index (κ1) is 14.9. The molecule has 1 aliphatic rings. The molecule has 0 spiro atoms. The normalized spacial score (nSPS) is 23.8. The first-order valence-electron chi connectivity index (χ1n) is 6.89. The minimum atomic E-state index is -0.566. The lowest BCUT2D eigenvalue weighted by molar-refractivity contribution is -0.385. The van der Waals surface area contributed by atoms with E-state index >= 15 is 0 Å². The summed E-state index contributed by atoms with van der Waals surface area (Å²) in [5.74, 6) is -0.0687. The van der Waals surface area contributed by atoms with Crippen LogP contribution in [0.2, 0.25) is 0 Å². The zero-order chi connectivity index (χ0) is 14.7. The van der Waals surface area contributed by atoms with Crippen molar-refractivity contribution in [1.82, 2.24) is 4.90 Å². The number of halogens is 1. The molecule has 2 atom stereocenters. The van der Waals surface area contributed by atoms with Crippen molar-refractivity contribution in [2.75, 3.05) is 13.1 Å². The van der Waals surface area contributed by atoms with Gasteiger partial charge in [0.05, 0.1) is 11.0 Å². The van der Waals surface area contributed by atoms with Crippen molar-refractivity contribution in [3.05, 3.63) is 39.7 Å². The van der Waals surface area contributed by atoms with Gasteiger partial charge in [0.1, 0.15) is 5.82 Å². The summed E-state index contributed by atoms with van der Waals surface area (Å²) in [7, 11) is 0. The third-order valence-corrected chi connectivity index (χ3v) is 4.01. The lowest BCUT2D eigenvalue weighted by atomic mass is 9.90. The molecule has 1 aliphatic heterocycles. The standard InChI is InChI=1S/C14H20FN3O2/c1-10-3-2-4-17(14(10)8-16)9-11-5-12(15)7-13(6-11)18(19)20/h5-7,10,14H,2-4,8-9,16H2,1H3. The first-order chi connectivity index (χ1) is 9.51. The fraction of sp³-hybridized carbons (Fsp3) is 0.571. The molecule has 1 aromatic carbocycles. The van der Waals surface area contributed by atoms with Crippen molar-refractivity contribution in [3.8, 4) is 0 Å². The van der Waals surface area contributed by atoms with E-state index in [4.69, 9.17) is 5.73 Å². The average Bonchev–Trinajstić information content (AvgIpc) is 2.38. The molecule has 1 heterocycles. The summed E-state index contributed by atoms with van der Waals surface area (Å²) in [6, 6.07) is 4.00. The fourth-order valence-electron chi connectivity index (χ4n) is 2.98. The van der Waals surface area contributed by atoms with Crippen LogP contribution >= 0.6 is 0 Å². The van der Waals surface area contributed by atoms with Crippen molar-refractivity contribution >= 4 is 5.69 Å². The Morgan fingerprint density at radius 3 is 2.90 bits per heavy atom. The van der Waals surface area contributed by atoms with E-state index in [1.807, 2.05) is 0 Å². The van der Waals surface area contributed by atoms with Gasteiger partial charge in [-0.05, 0) is 36.9 Å². The number of benzene rings is 1. The highest BCUT2D eigenvalue weighted by Crippen LogP contribution is 2.25. The summed E-state index contributed by atoms with van der Waals surface area (Å²) in [6.07, 6.45) is 2.22. The van der Waals surface area contributed by atoms with Crippen LogP contribution in [0, 0.1) is 21.8 Å². The number of piperidine rings is 1. The number of nitro benzene ring substituents is 1. The molecule has 2 N–H and O–H groups in total. The van der Waals surface area contributed by atoms with Crippen LogP contribution in [0.5, 0.6) is 0 Å². The molecule has 6 heteroatoms. The molecule has 20 heavy (non-hydrogen) atoms. The summed E-state index contributed by atoms with van der Waals surface area (Å²) < 4.78 is 13.5. The number of hydrogen-bond acceptors (Lipinski definition) is 4. The molecule has 2 rings (SSSR count). The van der Waals surface area contributed by atoms with Crippen LogP contribution in [0.25, 0.3) is 0 Å². The molecule has 0 radical (unpaired) electrons. The Labute approximate surface area is 117 Å². The van der Waals surface area contributed by atoms with Crippen LogP contribution in [-0.2, 0) is 6.54 Å². The third-order valence-electron chi connectivity index (χ3n) is 4.01. The topological polar surface area (TPSA) is 72.4 Å². The lowest BCUT2D eigenvalue weighted by Crippen LogP contribution is -2.48. The first-order valence-corrected chi connectivity index (χ1v) is 6.89. The van der Waals surface area contributed by atoms with Crippen molar-refractivity contribution in [2.45, 2.75) is 32.4 Å². The smallest absolute Gasteiger partial charge is 0.272 e. The minimum absolute atomic E-state index is 0.200. The largest absolute Gasteiger partial charge is 0.329 e. The molecule has 0 aliphatic carbocycles. The molecule has 0 aromatic heterocycles. The van der Waals surface area contributed by atoms with Crippen LogP contribution in [0.15, 0.2) is 18.2 Å². The van der Waals surface area contributed by atoms with E-state index in [0.717, 1.165) is 25.5 Å². The zero-order valence-electron chi connectivity index (χ0n) is 11.6. The number of likely N-dealkylation sites (tertiary alicyclic amines) is 1. The van der Waals surface area contributed by atoms with Crippen molar-refractivity contribution < 1.29 is 9.31 Å². The Hall–Kier alpha value is -1.53. The lowest BCUT2D eigenvalue weighted by Gasteiger charge is -2.39. The minimum Gasteiger partial charge on any atom is -0.329 e. The molecular formula is C14H20FN3O2. The highest BCUT2D eigenvalue weighted by atomic mass is 19.1. The Balaban J connectivity index is 2.18. The number of nitro groups is 1. The van der Waals surface area contributed by atoms with Crippen molar-refractivity contribution in [2.24, 2.45) is 11.7 Å². The molecule has 110 valence electrons. The van der Waals surface area contributed by atoms with E-state index in [1.165, 1.54) is 12.1 Å². The van der Waals surface area contributed by atoms with Gasteiger partial charge in [0.2, 0.25) is 0 Å². The number of nitrogens with two attached hydrogens (primary N) is 1. The predicted octanol–water partition coefficient (Wildman–Crippen LogP) is 2.29. The summed E-state index contributed by atoms with van der Waals surface area (Å²) in [6.45, 7) is 4.12. The van der Waals surface area contributed by atoms with E-state index in [-0.39, 0.29) is 11.7 Å². The van der Waals surface area contributed by atoms with Gasteiger partial charge in [-0.25, -0.2) is 4.39 Å². The number of rotatable bonds is 4. The molecule has 1 saturated heterocycles. The van der Waals surface area contributed by atoms with Crippen LogP contribution in [0.4, 0.5) is 10.1 Å². The SMILES string of the molecule is CC1CCCN(Cc2cc(F)cc([N+](=O)[O-])c2)C1CN. The van der Waals surface area contributed by atoms with E-state index in [2.05, 4.69) is 11.8 Å². The third kappa shape index (κ3) is 3.32. The second-order valence-corrected chi connectivity index (χ2v) is 5.47. The summed E-state index contributed by atoms with van der Waals surface area (Å²) in [5.41, 5.74) is 6.25. The van der Waals surface area contributed by atoms with Crippen LogP contribution in [0.3, 0.4) is 0 Å². The molecule has 0 amide bonds. The van der Waals surface area contributed by atoms with Crippen molar-refractivity contribution in [3.63, 3.8) is 0 Å². The average molecular weight is 281 g/mol. The van der Waals surface area contributed by atoms with Gasteiger partial charge in [-0.1, -0.05) is 6.92 Å². The van der Waals surface area contributed by atoms with Gasteiger partial charge in [-0.15, -0.1) is 0 Å². The number of nitrogens with zero attached hydrogens (tertiary/aromatic N) is 2. The Morgan fingerprint density at radius 1 is 1.50 bits per heavy atom. The second kappa shape index (κ2) is 6.28. The second-order valence-electron chi connectivity index (χ2n) is 5.47. The van der Waals surface area contributed by atoms with E-state index in [9.17, 15) is 14.5 Å². The highest BCUT2D eigenvalue weighted by molar-refractivity contribution is 5.35. The molecule has 2 unspecified atom stereocenters. The molecule has 5 nitrogen and oxygen atoms in total. The van der Waals surface area contributed by atoms with Gasteiger partial charge in [-0.3, -0.25) is 15.0 Å². The highest BCUT2D eigenvalue weighted by Gasteiger charge is 2.27. The molecule has 0 bridgehead atoms. The quantitative estimate of drug-likeness (QED) is 0.679. The monoisotopic (exact) mass is 281 g/mol. The summed E-state index contributed by atoms with van der Waals surface area (Å²) in [4.78, 5) is 12.4. The van der Waals surface area contributed by atoms with Gasteiger partial charge in [-0.2, -0.15) is 0 Å². The van der Waals surface area contributed by atoms with Crippen LogP contribution in [0.1, 0.15) is 25.3 Å². The molecule has 1 aromatic rings. The Kier molecular flexibility index (Phi) is 4.67. The van der Waals surface area contributed by atoms with E-state index in [1.54, 1.807) is 0 Å². The number of non-ortho nitro benzene ring substituents is 1. The van der Waals surface area contributed by atoms with Gasteiger partial charge in [0.15, 0.2) is 0 Å². The van der Waals surface area contributed by atoms with Crippen molar-refractivity contribution in [1.29, 1.82) is 0 Å². The molecular weight excluding hydrogens is 261 g/mol. The van der Waals surface area contributed by atoms with Crippen LogP contribution in [-0.4, -0.2) is 29.0 Å². The maximum atomic E-state index is 13.5. The zero-order valence-corrected chi connectivity index (χ0v) is 11.6. The summed E-state index contributed by atoms with van der Waals surface area (Å²) >= 11 is 0. The Morgan fingerprint density at radius 2 is 2.25 bits per heavy atom. The van der Waals surface area contributed by atoms with Gasteiger partial charge >= 0.3 is 0 Å². The maximum Gasteiger partial charge on any atom is 0.272 e. The van der Waals surface area contributed by atoms with E-state index in [0.29, 0.717) is 24.6 Å². The van der Waals surface area contributed by atoms with Gasteiger partial charge in [0, 0.05) is 25.2 Å². The predicted molar refractivity (Wildman–Crippen MR) is 74.7 cm³/mol. The summed E-state index contributed by atoms with van der Waals surface area (Å²) in [5, 5.41) is 10.8. The van der Waals surface area contributed by atoms with Gasteiger partial charge in [0.25, 0.3) is 5.69 Å². The molecule has 0 saturated carbocycles. The fourth-order valence-corrected chi connectivity index (χ4v) is 2.98. The Bertz CT molecular complexity index is 495. The van der Waals surface area contributed by atoms with Gasteiger partial charge < -0.3 is 5.73 Å². The number of hydrogen-bond donors (Lipinski definition) is 1. The maximum absolute atomic E-state index is 13.5.